The van der Waals surface area contributed by atoms with Crippen molar-refractivity contribution in [2.45, 2.75) is 13.3 Å². The standard InChI is InChI=1S/C18H20N2O4/c1-11-10-13(11)17(21)19-15-12-4-2-3-5-14(12)24-16(15)18(22)20-6-8-23-9-7-20/h2-5,11,13H,6-10H2,1H3,(H,19,21)/t11-,13-/m1/s1. The summed E-state index contributed by atoms with van der Waals surface area (Å²) in [6.07, 6.45) is 0.897. The van der Waals surface area contributed by atoms with Crippen LogP contribution in [0.1, 0.15) is 23.9 Å². The average molecular weight is 328 g/mol. The highest BCUT2D eigenvalue weighted by Crippen LogP contribution is 2.40. The lowest BCUT2D eigenvalue weighted by Crippen LogP contribution is -2.40. The topological polar surface area (TPSA) is 71.8 Å². The smallest absolute Gasteiger partial charge is 0.291 e. The molecule has 2 atom stereocenters. The van der Waals surface area contributed by atoms with Crippen molar-refractivity contribution in [3.63, 3.8) is 0 Å². The zero-order valence-electron chi connectivity index (χ0n) is 13.6. The first-order chi connectivity index (χ1) is 11.6. The number of nitrogens with zero attached hydrogens (tertiary/aromatic N) is 1. The number of morpholine rings is 1. The third kappa shape index (κ3) is 2.67. The van der Waals surface area contributed by atoms with Gasteiger partial charge in [0.05, 0.1) is 13.2 Å². The predicted molar refractivity (Wildman–Crippen MR) is 88.8 cm³/mol. The quantitative estimate of drug-likeness (QED) is 0.940. The molecule has 6 heteroatoms. The van der Waals surface area contributed by atoms with Crippen molar-refractivity contribution >= 4 is 28.5 Å². The maximum absolute atomic E-state index is 12.8. The molecular weight excluding hydrogens is 308 g/mol. The lowest BCUT2D eigenvalue weighted by Gasteiger charge is -2.26. The van der Waals surface area contributed by atoms with Crippen molar-refractivity contribution in [1.29, 1.82) is 0 Å². The average Bonchev–Trinajstić information content (AvgIpc) is 3.24. The minimum atomic E-state index is -0.200. The maximum Gasteiger partial charge on any atom is 0.291 e. The molecule has 126 valence electrons. The van der Waals surface area contributed by atoms with Crippen molar-refractivity contribution in [3.05, 3.63) is 30.0 Å². The number of amides is 2. The van der Waals surface area contributed by atoms with E-state index in [1.165, 1.54) is 0 Å². The van der Waals surface area contributed by atoms with Crippen LogP contribution in [0.5, 0.6) is 0 Å². The molecule has 2 aromatic rings. The molecule has 2 fully saturated rings. The monoisotopic (exact) mass is 328 g/mol. The van der Waals surface area contributed by atoms with Crippen LogP contribution in [0.4, 0.5) is 5.69 Å². The van der Waals surface area contributed by atoms with Crippen LogP contribution in [-0.4, -0.2) is 43.0 Å². The Balaban J connectivity index is 1.69. The molecule has 6 nitrogen and oxygen atoms in total. The summed E-state index contributed by atoms with van der Waals surface area (Å²) in [5, 5.41) is 3.69. The number of benzene rings is 1. The Morgan fingerprint density at radius 2 is 1.92 bits per heavy atom. The second-order valence-electron chi connectivity index (χ2n) is 6.52. The predicted octanol–water partition coefficient (Wildman–Crippen LogP) is 2.50. The van der Waals surface area contributed by atoms with Gasteiger partial charge in [0, 0.05) is 24.4 Å². The van der Waals surface area contributed by atoms with Gasteiger partial charge in [-0.15, -0.1) is 0 Å². The summed E-state index contributed by atoms with van der Waals surface area (Å²) >= 11 is 0. The van der Waals surface area contributed by atoms with Crippen LogP contribution >= 0.6 is 0 Å². The highest BCUT2D eigenvalue weighted by atomic mass is 16.5. The van der Waals surface area contributed by atoms with Crippen LogP contribution in [-0.2, 0) is 9.53 Å². The molecule has 1 aromatic carbocycles. The van der Waals surface area contributed by atoms with Crippen LogP contribution in [0.15, 0.2) is 28.7 Å². The number of carbonyl (C=O) groups excluding carboxylic acids is 2. The number of rotatable bonds is 3. The van der Waals surface area contributed by atoms with Crippen molar-refractivity contribution in [3.8, 4) is 0 Å². The summed E-state index contributed by atoms with van der Waals surface area (Å²) < 4.78 is 11.1. The van der Waals surface area contributed by atoms with Gasteiger partial charge in [0.2, 0.25) is 11.7 Å². The summed E-state index contributed by atoms with van der Waals surface area (Å²) in [7, 11) is 0. The van der Waals surface area contributed by atoms with Crippen LogP contribution in [0.2, 0.25) is 0 Å². The molecule has 1 aliphatic carbocycles. The highest BCUT2D eigenvalue weighted by molar-refractivity contribution is 6.11. The lowest BCUT2D eigenvalue weighted by molar-refractivity contribution is -0.117. The normalized spacial score (nSPS) is 23.3. The van der Waals surface area contributed by atoms with Gasteiger partial charge in [-0.2, -0.15) is 0 Å². The molecule has 4 rings (SSSR count). The van der Waals surface area contributed by atoms with E-state index in [-0.39, 0.29) is 23.5 Å². The second kappa shape index (κ2) is 5.94. The van der Waals surface area contributed by atoms with Gasteiger partial charge in [-0.3, -0.25) is 9.59 Å². The first-order valence-corrected chi connectivity index (χ1v) is 8.34. The Morgan fingerprint density at radius 1 is 1.21 bits per heavy atom. The fourth-order valence-corrected chi connectivity index (χ4v) is 3.13. The molecule has 2 aliphatic rings. The zero-order valence-corrected chi connectivity index (χ0v) is 13.6. The van der Waals surface area contributed by atoms with E-state index in [1.807, 2.05) is 18.2 Å². The molecule has 0 unspecified atom stereocenters. The van der Waals surface area contributed by atoms with E-state index in [4.69, 9.17) is 9.15 Å². The van der Waals surface area contributed by atoms with Gasteiger partial charge in [-0.05, 0) is 24.5 Å². The van der Waals surface area contributed by atoms with E-state index >= 15 is 0 Å². The SMILES string of the molecule is C[C@@H]1C[C@H]1C(=O)Nc1c(C(=O)N2CCOCC2)oc2ccccc12. The molecule has 0 radical (unpaired) electrons. The van der Waals surface area contributed by atoms with E-state index < -0.39 is 0 Å². The summed E-state index contributed by atoms with van der Waals surface area (Å²) in [5.41, 5.74) is 1.10. The number of nitrogens with one attached hydrogen (secondary N) is 1. The van der Waals surface area contributed by atoms with E-state index in [9.17, 15) is 9.59 Å². The summed E-state index contributed by atoms with van der Waals surface area (Å²) in [6.45, 7) is 4.16. The zero-order chi connectivity index (χ0) is 16.7. The summed E-state index contributed by atoms with van der Waals surface area (Å²) in [4.78, 5) is 26.9. The number of hydrogen-bond donors (Lipinski definition) is 1. The molecule has 0 spiro atoms. The molecule has 1 aliphatic heterocycles. The molecule has 24 heavy (non-hydrogen) atoms. The second-order valence-corrected chi connectivity index (χ2v) is 6.52. The summed E-state index contributed by atoms with van der Waals surface area (Å²) in [6, 6.07) is 7.39. The molecule has 1 saturated heterocycles. The van der Waals surface area contributed by atoms with Crippen molar-refractivity contribution < 1.29 is 18.7 Å². The van der Waals surface area contributed by atoms with Gasteiger partial charge in [0.1, 0.15) is 11.3 Å². The van der Waals surface area contributed by atoms with Gasteiger partial charge in [-0.1, -0.05) is 19.1 Å². The Bertz CT molecular complexity index is 791. The van der Waals surface area contributed by atoms with E-state index in [0.717, 1.165) is 11.8 Å². The van der Waals surface area contributed by atoms with Crippen LogP contribution in [0.3, 0.4) is 0 Å². The van der Waals surface area contributed by atoms with Gasteiger partial charge in [0.25, 0.3) is 5.91 Å². The van der Waals surface area contributed by atoms with Crippen molar-refractivity contribution in [1.82, 2.24) is 4.90 Å². The van der Waals surface area contributed by atoms with Gasteiger partial charge in [-0.25, -0.2) is 0 Å². The number of carbonyl (C=O) groups is 2. The van der Waals surface area contributed by atoms with Crippen molar-refractivity contribution in [2.75, 3.05) is 31.6 Å². The molecule has 1 aromatic heterocycles. The van der Waals surface area contributed by atoms with E-state index in [2.05, 4.69) is 12.2 Å². The number of furan rings is 1. The number of fused-ring (bicyclic) bond motifs is 1. The van der Waals surface area contributed by atoms with Crippen LogP contribution < -0.4 is 5.32 Å². The summed E-state index contributed by atoms with van der Waals surface area (Å²) in [5.74, 6) is 0.407. The Kier molecular flexibility index (Phi) is 3.76. The van der Waals surface area contributed by atoms with E-state index in [0.29, 0.717) is 43.5 Å². The van der Waals surface area contributed by atoms with E-state index in [1.54, 1.807) is 11.0 Å². The molecule has 0 bridgehead atoms. The highest BCUT2D eigenvalue weighted by Gasteiger charge is 2.40. The fourth-order valence-electron chi connectivity index (χ4n) is 3.13. The molecule has 1 N–H and O–H groups in total. The minimum Gasteiger partial charge on any atom is -0.449 e. The van der Waals surface area contributed by atoms with Gasteiger partial charge in [0.15, 0.2) is 0 Å². The maximum atomic E-state index is 12.8. The van der Waals surface area contributed by atoms with Crippen molar-refractivity contribution in [2.24, 2.45) is 11.8 Å². The Morgan fingerprint density at radius 3 is 2.62 bits per heavy atom. The Labute approximate surface area is 139 Å². The van der Waals surface area contributed by atoms with Crippen LogP contribution in [0.25, 0.3) is 11.0 Å². The third-order valence-corrected chi connectivity index (χ3v) is 4.78. The Hall–Kier alpha value is -2.34. The number of ether oxygens (including phenoxy) is 1. The number of hydrogen-bond acceptors (Lipinski definition) is 4. The fraction of sp³-hybridized carbons (Fsp3) is 0.444. The van der Waals surface area contributed by atoms with Gasteiger partial charge >= 0.3 is 0 Å². The van der Waals surface area contributed by atoms with Gasteiger partial charge < -0.3 is 19.4 Å². The molecule has 1 saturated carbocycles. The molecule has 2 amide bonds. The lowest BCUT2D eigenvalue weighted by atomic mass is 10.2. The largest absolute Gasteiger partial charge is 0.449 e. The molecular formula is C18H20N2O4. The number of anilines is 1. The first-order valence-electron chi connectivity index (χ1n) is 8.34. The minimum absolute atomic E-state index is 0.0324. The first kappa shape index (κ1) is 15.2. The number of para-hydroxylation sites is 1. The third-order valence-electron chi connectivity index (χ3n) is 4.78. The molecule has 2 heterocycles. The van der Waals surface area contributed by atoms with Crippen LogP contribution in [0, 0.1) is 11.8 Å².